The second-order valence-corrected chi connectivity index (χ2v) is 5.59. The Kier molecular flexibility index (Phi) is 5.44. The molecule has 102 valence electrons. The quantitative estimate of drug-likeness (QED) is 0.551. The van der Waals surface area contributed by atoms with Crippen LogP contribution >= 0.6 is 0 Å². The van der Waals surface area contributed by atoms with Crippen LogP contribution in [0.5, 0.6) is 0 Å². The van der Waals surface area contributed by atoms with Crippen molar-refractivity contribution in [3.63, 3.8) is 0 Å². The molecule has 0 amide bonds. The van der Waals surface area contributed by atoms with Crippen LogP contribution in [0.2, 0.25) is 0 Å². The maximum absolute atomic E-state index is 3.88. The van der Waals surface area contributed by atoms with E-state index in [-0.39, 0.29) is 0 Å². The van der Waals surface area contributed by atoms with E-state index in [9.17, 15) is 0 Å². The van der Waals surface area contributed by atoms with Crippen LogP contribution < -0.4 is 0 Å². The third-order valence-electron chi connectivity index (χ3n) is 4.24. The van der Waals surface area contributed by atoms with Gasteiger partial charge < -0.3 is 0 Å². The molecule has 0 saturated carbocycles. The molecule has 0 spiro atoms. The fourth-order valence-electron chi connectivity index (χ4n) is 3.21. The normalized spacial score (nSPS) is 19.5. The molecule has 0 saturated heterocycles. The highest BCUT2D eigenvalue weighted by Crippen LogP contribution is 2.40. The SMILES string of the molecule is C=CCCC(C=CCCC)C1CCc2ccccc21. The van der Waals surface area contributed by atoms with Crippen LogP contribution in [0.15, 0.2) is 49.1 Å². The molecule has 2 rings (SSSR count). The molecule has 0 heterocycles. The van der Waals surface area contributed by atoms with Crippen LogP contribution in [0.25, 0.3) is 0 Å². The molecule has 2 unspecified atom stereocenters. The molecule has 0 aliphatic heterocycles. The monoisotopic (exact) mass is 254 g/mol. The van der Waals surface area contributed by atoms with Crippen LogP contribution in [0.1, 0.15) is 56.1 Å². The van der Waals surface area contributed by atoms with E-state index in [0.29, 0.717) is 5.92 Å². The fourth-order valence-corrected chi connectivity index (χ4v) is 3.21. The van der Waals surface area contributed by atoms with Gasteiger partial charge in [0, 0.05) is 0 Å². The molecule has 0 N–H and O–H groups in total. The van der Waals surface area contributed by atoms with Gasteiger partial charge in [0.15, 0.2) is 0 Å². The van der Waals surface area contributed by atoms with Gasteiger partial charge >= 0.3 is 0 Å². The minimum absolute atomic E-state index is 0.688. The molecule has 0 bridgehead atoms. The van der Waals surface area contributed by atoms with E-state index in [1.54, 1.807) is 11.1 Å². The van der Waals surface area contributed by atoms with E-state index < -0.39 is 0 Å². The number of aryl methyl sites for hydroxylation is 1. The van der Waals surface area contributed by atoms with Gasteiger partial charge in [-0.3, -0.25) is 0 Å². The van der Waals surface area contributed by atoms with Gasteiger partial charge in [-0.05, 0) is 55.1 Å². The first-order valence-electron chi connectivity index (χ1n) is 7.72. The number of allylic oxidation sites excluding steroid dienone is 3. The molecule has 0 radical (unpaired) electrons. The zero-order chi connectivity index (χ0) is 13.5. The highest BCUT2D eigenvalue weighted by molar-refractivity contribution is 5.36. The van der Waals surface area contributed by atoms with Gasteiger partial charge in [-0.1, -0.05) is 55.8 Å². The Morgan fingerprint density at radius 2 is 2.16 bits per heavy atom. The molecule has 1 aliphatic carbocycles. The van der Waals surface area contributed by atoms with Crippen LogP contribution in [0.4, 0.5) is 0 Å². The summed E-state index contributed by atoms with van der Waals surface area (Å²) in [7, 11) is 0. The summed E-state index contributed by atoms with van der Waals surface area (Å²) in [6.45, 7) is 6.12. The van der Waals surface area contributed by atoms with E-state index in [1.165, 1.54) is 32.1 Å². The minimum Gasteiger partial charge on any atom is -0.103 e. The Morgan fingerprint density at radius 1 is 1.32 bits per heavy atom. The lowest BCUT2D eigenvalue weighted by Gasteiger charge is -2.21. The molecule has 0 heteroatoms. The summed E-state index contributed by atoms with van der Waals surface area (Å²) in [5, 5.41) is 0. The molecule has 1 aliphatic rings. The third kappa shape index (κ3) is 3.59. The first-order chi connectivity index (χ1) is 9.36. The topological polar surface area (TPSA) is 0 Å². The van der Waals surface area contributed by atoms with E-state index in [1.807, 2.05) is 0 Å². The number of fused-ring (bicyclic) bond motifs is 1. The predicted octanol–water partition coefficient (Wildman–Crippen LogP) is 5.66. The number of hydrogen-bond donors (Lipinski definition) is 0. The van der Waals surface area contributed by atoms with Crippen molar-refractivity contribution in [3.05, 3.63) is 60.2 Å². The van der Waals surface area contributed by atoms with Crippen molar-refractivity contribution in [3.8, 4) is 0 Å². The van der Waals surface area contributed by atoms with Crippen molar-refractivity contribution in [1.82, 2.24) is 0 Å². The van der Waals surface area contributed by atoms with Gasteiger partial charge in [-0.2, -0.15) is 0 Å². The summed E-state index contributed by atoms with van der Waals surface area (Å²) in [6.07, 6.45) is 14.3. The maximum Gasteiger partial charge on any atom is -0.00930 e. The van der Waals surface area contributed by atoms with Crippen LogP contribution in [0, 0.1) is 5.92 Å². The standard InChI is InChI=1S/C19H26/c1-3-5-7-11-16(10-6-4-2)19-15-14-17-12-8-9-13-18(17)19/h4,7-9,11-13,16,19H,2-3,5-6,10,14-15H2,1H3. The van der Waals surface area contributed by atoms with Crippen molar-refractivity contribution >= 4 is 0 Å². The molecule has 0 fully saturated rings. The lowest BCUT2D eigenvalue weighted by atomic mass is 9.83. The summed E-state index contributed by atoms with van der Waals surface area (Å²) < 4.78 is 0. The highest BCUT2D eigenvalue weighted by atomic mass is 14.3. The largest absolute Gasteiger partial charge is 0.103 e. The molecule has 2 atom stereocenters. The minimum atomic E-state index is 0.688. The van der Waals surface area contributed by atoms with Gasteiger partial charge in [-0.25, -0.2) is 0 Å². The fraction of sp³-hybridized carbons (Fsp3) is 0.474. The molecule has 1 aromatic rings. The van der Waals surface area contributed by atoms with E-state index in [0.717, 1.165) is 12.3 Å². The second kappa shape index (κ2) is 7.33. The van der Waals surface area contributed by atoms with E-state index in [4.69, 9.17) is 0 Å². The van der Waals surface area contributed by atoms with Gasteiger partial charge in [-0.15, -0.1) is 6.58 Å². The molecule has 19 heavy (non-hydrogen) atoms. The molecular weight excluding hydrogens is 228 g/mol. The summed E-state index contributed by atoms with van der Waals surface area (Å²) in [6, 6.07) is 9.00. The summed E-state index contributed by atoms with van der Waals surface area (Å²) >= 11 is 0. The average molecular weight is 254 g/mol. The van der Waals surface area contributed by atoms with Crippen molar-refractivity contribution < 1.29 is 0 Å². The Balaban J connectivity index is 2.12. The Morgan fingerprint density at radius 3 is 2.95 bits per heavy atom. The van der Waals surface area contributed by atoms with Gasteiger partial charge in [0.05, 0.1) is 0 Å². The van der Waals surface area contributed by atoms with Gasteiger partial charge in [0.2, 0.25) is 0 Å². The lowest BCUT2D eigenvalue weighted by molar-refractivity contribution is 0.473. The zero-order valence-corrected chi connectivity index (χ0v) is 12.1. The number of unbranched alkanes of at least 4 members (excludes halogenated alkanes) is 1. The predicted molar refractivity (Wildman–Crippen MR) is 84.5 cm³/mol. The lowest BCUT2D eigenvalue weighted by Crippen LogP contribution is -2.08. The molecule has 0 aromatic heterocycles. The van der Waals surface area contributed by atoms with Crippen molar-refractivity contribution in [2.24, 2.45) is 5.92 Å². The third-order valence-corrected chi connectivity index (χ3v) is 4.24. The number of hydrogen-bond acceptors (Lipinski definition) is 0. The first-order valence-corrected chi connectivity index (χ1v) is 7.72. The Bertz CT molecular complexity index is 427. The van der Waals surface area contributed by atoms with Crippen LogP contribution in [-0.2, 0) is 6.42 Å². The summed E-state index contributed by atoms with van der Waals surface area (Å²) in [5.74, 6) is 1.41. The van der Waals surface area contributed by atoms with Gasteiger partial charge in [0.1, 0.15) is 0 Å². The molecular formula is C19H26. The smallest absolute Gasteiger partial charge is 0.00930 e. The summed E-state index contributed by atoms with van der Waals surface area (Å²) in [5.41, 5.74) is 3.16. The van der Waals surface area contributed by atoms with Crippen molar-refractivity contribution in [1.29, 1.82) is 0 Å². The average Bonchev–Trinajstić information content (AvgIpc) is 2.87. The van der Waals surface area contributed by atoms with E-state index >= 15 is 0 Å². The number of benzene rings is 1. The Labute approximate surface area is 118 Å². The van der Waals surface area contributed by atoms with Crippen LogP contribution in [-0.4, -0.2) is 0 Å². The number of rotatable bonds is 7. The maximum atomic E-state index is 3.88. The first kappa shape index (κ1) is 14.1. The zero-order valence-electron chi connectivity index (χ0n) is 12.1. The second-order valence-electron chi connectivity index (χ2n) is 5.59. The molecule has 1 aromatic carbocycles. The van der Waals surface area contributed by atoms with Gasteiger partial charge in [0.25, 0.3) is 0 Å². The van der Waals surface area contributed by atoms with E-state index in [2.05, 4.69) is 56.0 Å². The summed E-state index contributed by atoms with van der Waals surface area (Å²) in [4.78, 5) is 0. The van der Waals surface area contributed by atoms with Crippen molar-refractivity contribution in [2.75, 3.05) is 0 Å². The Hall–Kier alpha value is -1.30. The molecule has 0 nitrogen and oxygen atoms in total. The van der Waals surface area contributed by atoms with Crippen LogP contribution in [0.3, 0.4) is 0 Å². The van der Waals surface area contributed by atoms with Crippen molar-refractivity contribution in [2.45, 2.75) is 51.4 Å². The highest BCUT2D eigenvalue weighted by Gasteiger charge is 2.27.